The summed E-state index contributed by atoms with van der Waals surface area (Å²) < 4.78 is 0.728. The van der Waals surface area contributed by atoms with Gasteiger partial charge in [0.2, 0.25) is 5.13 Å². The summed E-state index contributed by atoms with van der Waals surface area (Å²) in [5, 5.41) is 12.5. The molecule has 0 unspecified atom stereocenters. The summed E-state index contributed by atoms with van der Waals surface area (Å²) in [5.74, 6) is 0.166. The Morgan fingerprint density at radius 3 is 2.84 bits per heavy atom. The molecular formula is C22H25N5O2S2. The molecule has 31 heavy (non-hydrogen) atoms. The molecule has 9 heteroatoms. The number of thioether (sulfide) groups is 1. The van der Waals surface area contributed by atoms with E-state index in [-0.39, 0.29) is 17.4 Å². The SMILES string of the molecule is CCc1cccc(C)c1Nc1nnc(SCC(=O)c2c[nH]c(C(=O)N3CCCC3)c2)s1. The van der Waals surface area contributed by atoms with Gasteiger partial charge in [-0.2, -0.15) is 0 Å². The molecule has 162 valence electrons. The highest BCUT2D eigenvalue weighted by Crippen LogP contribution is 2.31. The number of hydrogen-bond acceptors (Lipinski definition) is 7. The molecule has 1 aliphatic heterocycles. The van der Waals surface area contributed by atoms with Crippen LogP contribution < -0.4 is 5.32 Å². The van der Waals surface area contributed by atoms with Gasteiger partial charge in [0.05, 0.1) is 5.75 Å². The largest absolute Gasteiger partial charge is 0.356 e. The van der Waals surface area contributed by atoms with E-state index in [2.05, 4.69) is 52.5 Å². The maximum Gasteiger partial charge on any atom is 0.270 e. The Morgan fingerprint density at radius 2 is 2.06 bits per heavy atom. The number of aromatic nitrogens is 3. The maximum absolute atomic E-state index is 12.6. The van der Waals surface area contributed by atoms with Crippen LogP contribution in [0.3, 0.4) is 0 Å². The van der Waals surface area contributed by atoms with E-state index in [1.54, 1.807) is 12.3 Å². The number of aromatic amines is 1. The highest BCUT2D eigenvalue weighted by molar-refractivity contribution is 8.01. The lowest BCUT2D eigenvalue weighted by molar-refractivity contribution is 0.0787. The van der Waals surface area contributed by atoms with Crippen molar-refractivity contribution in [2.45, 2.75) is 37.4 Å². The molecule has 1 saturated heterocycles. The van der Waals surface area contributed by atoms with Crippen LogP contribution in [-0.2, 0) is 6.42 Å². The predicted molar refractivity (Wildman–Crippen MR) is 125 cm³/mol. The van der Waals surface area contributed by atoms with Gasteiger partial charge in [-0.1, -0.05) is 48.2 Å². The van der Waals surface area contributed by atoms with Gasteiger partial charge in [0.15, 0.2) is 10.1 Å². The minimum Gasteiger partial charge on any atom is -0.356 e. The molecule has 3 heterocycles. The summed E-state index contributed by atoms with van der Waals surface area (Å²) in [5.41, 5.74) is 4.45. The number of carbonyl (C=O) groups is 2. The summed E-state index contributed by atoms with van der Waals surface area (Å²) in [6, 6.07) is 7.87. The Kier molecular flexibility index (Phi) is 6.72. The number of anilines is 2. The summed E-state index contributed by atoms with van der Waals surface area (Å²) in [4.78, 5) is 29.8. The van der Waals surface area contributed by atoms with Crippen LogP contribution in [0.5, 0.6) is 0 Å². The number of hydrogen-bond donors (Lipinski definition) is 2. The first-order chi connectivity index (χ1) is 15.0. The standard InChI is InChI=1S/C22H25N5O2S2/c1-3-15-8-6-7-14(2)19(15)24-21-25-26-22(31-21)30-13-18(28)16-11-17(23-12-16)20(29)27-9-4-5-10-27/h6-8,11-12,23H,3-5,9-10,13H2,1-2H3,(H,24,25). The number of nitrogens with one attached hydrogen (secondary N) is 2. The van der Waals surface area contributed by atoms with Crippen molar-refractivity contribution in [2.24, 2.45) is 0 Å². The molecule has 7 nitrogen and oxygen atoms in total. The van der Waals surface area contributed by atoms with Crippen molar-refractivity contribution in [1.82, 2.24) is 20.1 Å². The quantitative estimate of drug-likeness (QED) is 0.378. The van der Waals surface area contributed by atoms with Gasteiger partial charge in [-0.25, -0.2) is 0 Å². The fourth-order valence-electron chi connectivity index (χ4n) is 3.61. The van der Waals surface area contributed by atoms with E-state index in [9.17, 15) is 9.59 Å². The van der Waals surface area contributed by atoms with E-state index in [0.717, 1.165) is 47.9 Å². The molecule has 0 bridgehead atoms. The molecule has 1 amide bonds. The predicted octanol–water partition coefficient (Wildman–Crippen LogP) is 4.69. The Morgan fingerprint density at radius 1 is 1.26 bits per heavy atom. The number of Topliss-reactive ketones (excluding diaryl/α,β-unsaturated/α-hetero) is 1. The van der Waals surface area contributed by atoms with Crippen molar-refractivity contribution in [3.63, 3.8) is 0 Å². The second kappa shape index (κ2) is 9.65. The van der Waals surface area contributed by atoms with Gasteiger partial charge >= 0.3 is 0 Å². The van der Waals surface area contributed by atoms with E-state index < -0.39 is 0 Å². The van der Waals surface area contributed by atoms with Crippen LogP contribution in [0, 0.1) is 6.92 Å². The van der Waals surface area contributed by atoms with Crippen molar-refractivity contribution in [3.05, 3.63) is 52.8 Å². The molecule has 2 aromatic heterocycles. The first-order valence-corrected chi connectivity index (χ1v) is 12.2. The molecule has 2 N–H and O–H groups in total. The first-order valence-electron chi connectivity index (χ1n) is 10.4. The third-order valence-corrected chi connectivity index (χ3v) is 7.31. The normalized spacial score (nSPS) is 13.5. The molecule has 0 spiro atoms. The third-order valence-electron chi connectivity index (χ3n) is 5.33. The highest BCUT2D eigenvalue weighted by Gasteiger charge is 2.22. The van der Waals surface area contributed by atoms with E-state index in [0.29, 0.717) is 16.4 Å². The van der Waals surface area contributed by atoms with Crippen LogP contribution in [0.4, 0.5) is 10.8 Å². The van der Waals surface area contributed by atoms with E-state index in [1.807, 2.05) is 4.90 Å². The van der Waals surface area contributed by atoms with Crippen molar-refractivity contribution in [2.75, 3.05) is 24.2 Å². The number of likely N-dealkylation sites (tertiary alicyclic amines) is 1. The number of nitrogens with zero attached hydrogens (tertiary/aromatic N) is 3. The monoisotopic (exact) mass is 455 g/mol. The Hall–Kier alpha value is -2.65. The van der Waals surface area contributed by atoms with E-state index >= 15 is 0 Å². The molecule has 0 atom stereocenters. The van der Waals surface area contributed by atoms with Crippen LogP contribution in [0.15, 0.2) is 34.8 Å². The highest BCUT2D eigenvalue weighted by atomic mass is 32.2. The van der Waals surface area contributed by atoms with Gasteiger partial charge in [0.1, 0.15) is 5.69 Å². The van der Waals surface area contributed by atoms with Gasteiger partial charge in [-0.3, -0.25) is 9.59 Å². The lowest BCUT2D eigenvalue weighted by Gasteiger charge is -2.13. The van der Waals surface area contributed by atoms with E-state index in [4.69, 9.17) is 0 Å². The van der Waals surface area contributed by atoms with Crippen LogP contribution in [0.2, 0.25) is 0 Å². The number of aryl methyl sites for hydroxylation is 2. The van der Waals surface area contributed by atoms with Crippen LogP contribution in [-0.4, -0.2) is 50.6 Å². The summed E-state index contributed by atoms with van der Waals surface area (Å²) in [7, 11) is 0. The van der Waals surface area contributed by atoms with Crippen molar-refractivity contribution >= 4 is 45.6 Å². The number of para-hydroxylation sites is 1. The van der Waals surface area contributed by atoms with Crippen molar-refractivity contribution in [1.29, 1.82) is 0 Å². The topological polar surface area (TPSA) is 91.0 Å². The summed E-state index contributed by atoms with van der Waals surface area (Å²) >= 11 is 2.79. The van der Waals surface area contributed by atoms with Crippen molar-refractivity contribution in [3.8, 4) is 0 Å². The number of ketones is 1. The molecule has 0 radical (unpaired) electrons. The lowest BCUT2D eigenvalue weighted by atomic mass is 10.1. The molecule has 3 aromatic rings. The molecular weight excluding hydrogens is 430 g/mol. The van der Waals surface area contributed by atoms with Gasteiger partial charge in [-0.05, 0) is 43.4 Å². The molecule has 1 aromatic carbocycles. The van der Waals surface area contributed by atoms with Gasteiger partial charge < -0.3 is 15.2 Å². The average molecular weight is 456 g/mol. The summed E-state index contributed by atoms with van der Waals surface area (Å²) in [6.45, 7) is 5.76. The van der Waals surface area contributed by atoms with Crippen LogP contribution in [0.1, 0.15) is 51.7 Å². The molecule has 4 rings (SSSR count). The fourth-order valence-corrected chi connectivity index (χ4v) is 5.26. The zero-order valence-corrected chi connectivity index (χ0v) is 19.2. The Bertz CT molecular complexity index is 1090. The lowest BCUT2D eigenvalue weighted by Crippen LogP contribution is -2.27. The van der Waals surface area contributed by atoms with Gasteiger partial charge in [-0.15, -0.1) is 10.2 Å². The molecule has 1 aliphatic rings. The zero-order valence-electron chi connectivity index (χ0n) is 17.6. The smallest absolute Gasteiger partial charge is 0.270 e. The molecule has 0 saturated carbocycles. The van der Waals surface area contributed by atoms with Crippen LogP contribution in [0.25, 0.3) is 0 Å². The minimum atomic E-state index is -0.0430. The van der Waals surface area contributed by atoms with Gasteiger partial charge in [0, 0.05) is 30.5 Å². The van der Waals surface area contributed by atoms with Gasteiger partial charge in [0.25, 0.3) is 5.91 Å². The fraction of sp³-hybridized carbons (Fsp3) is 0.364. The van der Waals surface area contributed by atoms with Crippen LogP contribution >= 0.6 is 23.1 Å². The number of carbonyl (C=O) groups excluding carboxylic acids is 2. The summed E-state index contributed by atoms with van der Waals surface area (Å²) in [6.07, 6.45) is 4.62. The van der Waals surface area contributed by atoms with E-state index in [1.165, 1.54) is 28.7 Å². The minimum absolute atomic E-state index is 0.0355. The second-order valence-electron chi connectivity index (χ2n) is 7.47. The number of amides is 1. The van der Waals surface area contributed by atoms with Crippen molar-refractivity contribution < 1.29 is 9.59 Å². The Balaban J connectivity index is 1.35. The Labute approximate surface area is 189 Å². The number of H-pyrrole nitrogens is 1. The third kappa shape index (κ3) is 4.99. The second-order valence-corrected chi connectivity index (χ2v) is 9.67. The first kappa shape index (κ1) is 21.6. The zero-order chi connectivity index (χ0) is 21.8. The molecule has 0 aliphatic carbocycles. The number of benzene rings is 1. The molecule has 1 fully saturated rings. The average Bonchev–Trinajstić information content (AvgIpc) is 3.54. The maximum atomic E-state index is 12.6. The number of rotatable bonds is 8.